The summed E-state index contributed by atoms with van der Waals surface area (Å²) in [4.78, 5) is 0. The Morgan fingerprint density at radius 3 is 2.50 bits per heavy atom. The first-order chi connectivity index (χ1) is 5.31. The summed E-state index contributed by atoms with van der Waals surface area (Å²) in [6.45, 7) is 4.16. The summed E-state index contributed by atoms with van der Waals surface area (Å²) >= 11 is 0. The van der Waals surface area contributed by atoms with Crippen molar-refractivity contribution in [1.29, 1.82) is 0 Å². The van der Waals surface area contributed by atoms with Gasteiger partial charge in [-0.25, -0.2) is 0 Å². The van der Waals surface area contributed by atoms with Gasteiger partial charge in [0.25, 0.3) is 0 Å². The normalized spacial score (nSPS) is 12.5. The zero-order chi connectivity index (χ0) is 8.53. The molecule has 0 aromatic rings. The Bertz CT molecular complexity index is 101. The van der Waals surface area contributed by atoms with Gasteiger partial charge in [-0.2, -0.15) is 0 Å². The monoisotopic (exact) mass is 235 g/mol. The van der Waals surface area contributed by atoms with E-state index in [4.69, 9.17) is 4.52 Å². The molecule has 0 fully saturated rings. The molecule has 0 saturated heterocycles. The average Bonchev–Trinajstić information content (AvgIpc) is 1.99. The molecule has 4 heteroatoms. The van der Waals surface area contributed by atoms with Gasteiger partial charge in [0, 0.05) is 16.5 Å². The maximum atomic E-state index is 10.0. The molecule has 0 rings (SSSR count). The predicted octanol–water partition coefficient (Wildman–Crippen LogP) is 3.30. The van der Waals surface area contributed by atoms with E-state index >= 15 is 0 Å². The van der Waals surface area contributed by atoms with E-state index in [0.29, 0.717) is 0 Å². The predicted molar refractivity (Wildman–Crippen MR) is 48.3 cm³/mol. The van der Waals surface area contributed by atoms with Crippen LogP contribution in [0.25, 0.3) is 0 Å². The zero-order valence-corrected chi connectivity index (χ0v) is 9.73. The first-order valence-electron chi connectivity index (χ1n) is 4.34. The molecule has 76 valence electrons. The molecule has 0 aliphatic heterocycles. The smallest absolute Gasteiger partial charge is 0.145 e. The van der Waals surface area contributed by atoms with Crippen LogP contribution >= 0.6 is 8.69 Å². The van der Waals surface area contributed by atoms with E-state index < -0.39 is 8.69 Å². The summed E-state index contributed by atoms with van der Waals surface area (Å²) in [7, 11) is -0.600. The summed E-state index contributed by atoms with van der Waals surface area (Å²) in [6.07, 6.45) is 6.23. The second-order valence-corrected chi connectivity index (χ2v) is 3.26. The Kier molecular flexibility index (Phi) is 14.5. The Labute approximate surface area is 86.7 Å². The largest absolute Gasteiger partial charge is 0.494 e. The molecule has 2 atom stereocenters. The second-order valence-electron chi connectivity index (χ2n) is 2.86. The van der Waals surface area contributed by atoms with E-state index in [1.54, 1.807) is 0 Å². The van der Waals surface area contributed by atoms with Gasteiger partial charge < -0.3 is 0 Å². The molecule has 0 radical (unpaired) electrons. The molecule has 0 N–H and O–H groups in total. The fraction of sp³-hybridized carbons (Fsp3) is 1.00. The molecule has 0 amide bonds. The molecule has 2 unspecified atom stereocenters. The van der Waals surface area contributed by atoms with E-state index in [2.05, 4.69) is 6.92 Å². The maximum Gasteiger partial charge on any atom is 0.494 e. The molecule has 0 aliphatic carbocycles. The quantitative estimate of drug-likeness (QED) is 0.385. The molecule has 12 heavy (non-hydrogen) atoms. The fourth-order valence-corrected chi connectivity index (χ4v) is 1.28. The third-order valence-corrected chi connectivity index (χ3v) is 2.21. The van der Waals surface area contributed by atoms with Crippen LogP contribution in [-0.2, 0) is 25.6 Å². The van der Waals surface area contributed by atoms with Crippen molar-refractivity contribution in [2.75, 3.05) is 0 Å². The molecule has 0 heterocycles. The van der Waals surface area contributed by atoms with Gasteiger partial charge in [0.1, 0.15) is 6.10 Å². The van der Waals surface area contributed by atoms with E-state index in [9.17, 15) is 4.57 Å². The van der Waals surface area contributed by atoms with Crippen LogP contribution in [0, 0.1) is 0 Å². The van der Waals surface area contributed by atoms with Crippen LogP contribution in [0.3, 0.4) is 0 Å². The van der Waals surface area contributed by atoms with E-state index in [1.165, 1.54) is 25.7 Å². The number of hydrogen-bond acceptors (Lipinski definition) is 2. The van der Waals surface area contributed by atoms with Gasteiger partial charge >= 0.3 is 8.69 Å². The molecule has 2 nitrogen and oxygen atoms in total. The van der Waals surface area contributed by atoms with Crippen molar-refractivity contribution < 1.29 is 25.6 Å². The molecular weight excluding hydrogens is 218 g/mol. The van der Waals surface area contributed by atoms with Crippen LogP contribution in [0.2, 0.25) is 0 Å². The number of hydrogen-bond donors (Lipinski definition) is 0. The van der Waals surface area contributed by atoms with Crippen LogP contribution in [0.4, 0.5) is 0 Å². The Morgan fingerprint density at radius 1 is 1.33 bits per heavy atom. The van der Waals surface area contributed by atoms with Gasteiger partial charge in [0.15, 0.2) is 0 Å². The second kappa shape index (κ2) is 11.6. The third kappa shape index (κ3) is 10.6. The SMILES string of the molecule is CCCCCCC(C)O[PH+]=O.[Ni]. The Morgan fingerprint density at radius 2 is 2.00 bits per heavy atom. The molecule has 0 aromatic carbocycles. The van der Waals surface area contributed by atoms with E-state index in [0.717, 1.165) is 6.42 Å². The molecule has 0 bridgehead atoms. The zero-order valence-electron chi connectivity index (χ0n) is 7.75. The average molecular weight is 236 g/mol. The molecule has 0 spiro atoms. The van der Waals surface area contributed by atoms with Crippen molar-refractivity contribution in [3.05, 3.63) is 0 Å². The summed E-state index contributed by atoms with van der Waals surface area (Å²) < 4.78 is 14.9. The molecular formula is C8H18NiO2P+. The van der Waals surface area contributed by atoms with Crippen molar-refractivity contribution in [2.45, 2.75) is 52.1 Å². The minimum absolute atomic E-state index is 0. The first kappa shape index (κ1) is 15.0. The minimum Gasteiger partial charge on any atom is -0.145 e. The van der Waals surface area contributed by atoms with Crippen LogP contribution in [0.5, 0.6) is 0 Å². The van der Waals surface area contributed by atoms with Crippen LogP contribution < -0.4 is 0 Å². The van der Waals surface area contributed by atoms with Crippen molar-refractivity contribution in [2.24, 2.45) is 0 Å². The van der Waals surface area contributed by atoms with Gasteiger partial charge in [-0.1, -0.05) is 32.6 Å². The summed E-state index contributed by atoms with van der Waals surface area (Å²) in [5.41, 5.74) is 0. The Hall–Kier alpha value is 0.554. The fourth-order valence-electron chi connectivity index (χ4n) is 1.000. The number of unbranched alkanes of at least 4 members (excludes halogenated alkanes) is 3. The van der Waals surface area contributed by atoms with E-state index in [1.807, 2.05) is 6.92 Å². The summed E-state index contributed by atoms with van der Waals surface area (Å²) in [6, 6.07) is 0. The topological polar surface area (TPSA) is 26.3 Å². The third-order valence-electron chi connectivity index (χ3n) is 1.71. The van der Waals surface area contributed by atoms with Gasteiger partial charge in [-0.15, -0.1) is 4.52 Å². The van der Waals surface area contributed by atoms with Crippen LogP contribution in [-0.4, -0.2) is 6.10 Å². The van der Waals surface area contributed by atoms with Gasteiger partial charge in [-0.3, -0.25) is 0 Å². The summed E-state index contributed by atoms with van der Waals surface area (Å²) in [5, 5.41) is 0. The standard InChI is InChI=1S/C8H18O2P.Ni/c1-3-4-5-6-7-8(2)10-11-9;/h8,11H,3-7H2,1-2H3;/q+1;. The summed E-state index contributed by atoms with van der Waals surface area (Å²) in [5.74, 6) is 0. The molecule has 0 aliphatic rings. The molecule has 0 aromatic heterocycles. The van der Waals surface area contributed by atoms with Crippen LogP contribution in [0.15, 0.2) is 0 Å². The van der Waals surface area contributed by atoms with Gasteiger partial charge in [-0.05, 0) is 17.9 Å². The van der Waals surface area contributed by atoms with Crippen molar-refractivity contribution in [1.82, 2.24) is 0 Å². The van der Waals surface area contributed by atoms with Crippen molar-refractivity contribution in [3.8, 4) is 0 Å². The first-order valence-corrected chi connectivity index (χ1v) is 5.15. The van der Waals surface area contributed by atoms with Crippen molar-refractivity contribution in [3.63, 3.8) is 0 Å². The minimum atomic E-state index is -0.600. The van der Waals surface area contributed by atoms with Crippen molar-refractivity contribution >= 4 is 8.69 Å². The van der Waals surface area contributed by atoms with Gasteiger partial charge in [0.2, 0.25) is 0 Å². The van der Waals surface area contributed by atoms with Crippen LogP contribution in [0.1, 0.15) is 46.0 Å². The van der Waals surface area contributed by atoms with E-state index in [-0.39, 0.29) is 22.6 Å². The Balaban J connectivity index is 0. The maximum absolute atomic E-state index is 10.0. The molecule has 0 saturated carbocycles. The number of rotatable bonds is 7. The van der Waals surface area contributed by atoms with Gasteiger partial charge in [0.05, 0.1) is 0 Å².